The Morgan fingerprint density at radius 3 is 2.73 bits per heavy atom. The van der Waals surface area contributed by atoms with Crippen LogP contribution in [0.5, 0.6) is 0 Å². The van der Waals surface area contributed by atoms with Gasteiger partial charge < -0.3 is 11.1 Å². The maximum atomic E-state index is 6.05. The largest absolute Gasteiger partial charge is 0.364 e. The molecule has 2 rings (SSSR count). The summed E-state index contributed by atoms with van der Waals surface area (Å²) < 4.78 is 0. The van der Waals surface area contributed by atoms with Crippen LogP contribution >= 0.6 is 0 Å². The number of rotatable bonds is 2. The molecule has 1 fully saturated rings. The molecule has 2 atom stereocenters. The topological polar surface area (TPSA) is 63.8 Å². The molecule has 4 nitrogen and oxygen atoms in total. The van der Waals surface area contributed by atoms with Crippen LogP contribution in [0.1, 0.15) is 31.4 Å². The quantitative estimate of drug-likeness (QED) is 0.769. The van der Waals surface area contributed by atoms with E-state index in [-0.39, 0.29) is 6.04 Å². The van der Waals surface area contributed by atoms with Gasteiger partial charge in [0.1, 0.15) is 5.82 Å². The van der Waals surface area contributed by atoms with Gasteiger partial charge in [0.05, 0.1) is 5.69 Å². The molecule has 3 N–H and O–H groups in total. The Kier molecular flexibility index (Phi) is 3.16. The molecule has 1 aliphatic carbocycles. The highest BCUT2D eigenvalue weighted by Crippen LogP contribution is 2.19. The van der Waals surface area contributed by atoms with E-state index < -0.39 is 0 Å². The second-order valence-corrected chi connectivity index (χ2v) is 4.26. The average molecular weight is 206 g/mol. The molecule has 0 radical (unpaired) electrons. The second-order valence-electron chi connectivity index (χ2n) is 4.26. The summed E-state index contributed by atoms with van der Waals surface area (Å²) in [6, 6.07) is 4.53. The van der Waals surface area contributed by atoms with Gasteiger partial charge in [0.2, 0.25) is 0 Å². The molecular formula is C11H18N4. The lowest BCUT2D eigenvalue weighted by atomic mass is 9.91. The first-order valence-corrected chi connectivity index (χ1v) is 5.58. The Balaban J connectivity index is 1.98. The van der Waals surface area contributed by atoms with E-state index in [1.807, 2.05) is 19.1 Å². The summed E-state index contributed by atoms with van der Waals surface area (Å²) in [5.41, 5.74) is 6.98. The molecule has 0 spiro atoms. The number of hydrogen-bond donors (Lipinski definition) is 2. The third-order valence-electron chi connectivity index (χ3n) is 2.95. The van der Waals surface area contributed by atoms with E-state index in [0.29, 0.717) is 6.04 Å². The Morgan fingerprint density at radius 2 is 2.07 bits per heavy atom. The molecule has 1 aromatic rings. The maximum Gasteiger partial charge on any atom is 0.148 e. The van der Waals surface area contributed by atoms with Crippen molar-refractivity contribution in [2.75, 3.05) is 5.32 Å². The number of nitrogens with zero attached hydrogens (tertiary/aromatic N) is 2. The molecule has 0 aromatic carbocycles. The number of hydrogen-bond acceptors (Lipinski definition) is 4. The van der Waals surface area contributed by atoms with E-state index in [2.05, 4.69) is 15.5 Å². The van der Waals surface area contributed by atoms with Gasteiger partial charge in [-0.15, -0.1) is 5.10 Å². The third-order valence-corrected chi connectivity index (χ3v) is 2.95. The van der Waals surface area contributed by atoms with Crippen molar-refractivity contribution < 1.29 is 0 Å². The van der Waals surface area contributed by atoms with Gasteiger partial charge in [-0.1, -0.05) is 12.8 Å². The minimum atomic E-state index is 0.252. The fourth-order valence-corrected chi connectivity index (χ4v) is 2.00. The van der Waals surface area contributed by atoms with Crippen LogP contribution in [0, 0.1) is 6.92 Å². The van der Waals surface area contributed by atoms with Crippen LogP contribution in [0.4, 0.5) is 5.82 Å². The zero-order valence-electron chi connectivity index (χ0n) is 9.11. The summed E-state index contributed by atoms with van der Waals surface area (Å²) in [5.74, 6) is 0.836. The summed E-state index contributed by atoms with van der Waals surface area (Å²) in [7, 11) is 0. The van der Waals surface area contributed by atoms with E-state index in [1.165, 1.54) is 12.8 Å². The van der Waals surface area contributed by atoms with E-state index >= 15 is 0 Å². The fourth-order valence-electron chi connectivity index (χ4n) is 2.00. The van der Waals surface area contributed by atoms with Crippen molar-refractivity contribution in [2.24, 2.45) is 5.73 Å². The van der Waals surface area contributed by atoms with Crippen LogP contribution in [-0.2, 0) is 0 Å². The number of aromatic nitrogens is 2. The monoisotopic (exact) mass is 206 g/mol. The highest BCUT2D eigenvalue weighted by atomic mass is 15.2. The Bertz CT molecular complexity index is 309. The highest BCUT2D eigenvalue weighted by molar-refractivity contribution is 5.34. The van der Waals surface area contributed by atoms with Gasteiger partial charge in [-0.2, -0.15) is 5.10 Å². The zero-order valence-corrected chi connectivity index (χ0v) is 9.11. The lowest BCUT2D eigenvalue weighted by Gasteiger charge is -2.29. The van der Waals surface area contributed by atoms with Crippen molar-refractivity contribution in [1.29, 1.82) is 0 Å². The zero-order chi connectivity index (χ0) is 10.7. The third kappa shape index (κ3) is 2.65. The van der Waals surface area contributed by atoms with Gasteiger partial charge in [0, 0.05) is 12.1 Å². The minimum absolute atomic E-state index is 0.252. The smallest absolute Gasteiger partial charge is 0.148 e. The van der Waals surface area contributed by atoms with Gasteiger partial charge in [-0.25, -0.2) is 0 Å². The number of aryl methyl sites for hydroxylation is 1. The standard InChI is InChI=1S/C11H18N4/c1-8-6-7-11(15-14-8)13-10-5-3-2-4-9(10)12/h6-7,9-10H,2-5,12H2,1H3,(H,13,15)/t9-,10+/m0/s1. The molecule has 15 heavy (non-hydrogen) atoms. The molecule has 82 valence electrons. The van der Waals surface area contributed by atoms with E-state index in [9.17, 15) is 0 Å². The van der Waals surface area contributed by atoms with Gasteiger partial charge in [0.15, 0.2) is 0 Å². The Labute approximate surface area is 90.3 Å². The molecule has 0 amide bonds. The van der Waals surface area contributed by atoms with Crippen molar-refractivity contribution in [3.63, 3.8) is 0 Å². The lowest BCUT2D eigenvalue weighted by molar-refractivity contribution is 0.403. The van der Waals surface area contributed by atoms with Crippen LogP contribution in [0.3, 0.4) is 0 Å². The Hall–Kier alpha value is -1.16. The summed E-state index contributed by atoms with van der Waals surface area (Å²) in [5, 5.41) is 11.5. The van der Waals surface area contributed by atoms with Gasteiger partial charge in [-0.05, 0) is 31.9 Å². The van der Waals surface area contributed by atoms with Crippen LogP contribution in [-0.4, -0.2) is 22.3 Å². The number of nitrogens with two attached hydrogens (primary N) is 1. The van der Waals surface area contributed by atoms with Crippen LogP contribution < -0.4 is 11.1 Å². The lowest BCUT2D eigenvalue weighted by Crippen LogP contribution is -2.42. The Morgan fingerprint density at radius 1 is 1.27 bits per heavy atom. The van der Waals surface area contributed by atoms with Crippen molar-refractivity contribution >= 4 is 5.82 Å². The van der Waals surface area contributed by atoms with Gasteiger partial charge in [-0.3, -0.25) is 0 Å². The molecule has 0 aliphatic heterocycles. The van der Waals surface area contributed by atoms with Crippen molar-refractivity contribution in [1.82, 2.24) is 10.2 Å². The maximum absolute atomic E-state index is 6.05. The first-order valence-electron chi connectivity index (χ1n) is 5.58. The summed E-state index contributed by atoms with van der Waals surface area (Å²) in [4.78, 5) is 0. The van der Waals surface area contributed by atoms with Crippen LogP contribution in [0.2, 0.25) is 0 Å². The molecule has 1 saturated carbocycles. The normalized spacial score (nSPS) is 26.3. The van der Waals surface area contributed by atoms with Crippen molar-refractivity contribution in [2.45, 2.75) is 44.7 Å². The van der Waals surface area contributed by atoms with Crippen LogP contribution in [0.25, 0.3) is 0 Å². The number of nitrogens with one attached hydrogen (secondary N) is 1. The SMILES string of the molecule is Cc1ccc(N[C@@H]2CCCC[C@@H]2N)nn1. The molecule has 1 heterocycles. The molecular weight excluding hydrogens is 188 g/mol. The predicted molar refractivity (Wildman–Crippen MR) is 60.6 cm³/mol. The van der Waals surface area contributed by atoms with Crippen molar-refractivity contribution in [3.05, 3.63) is 17.8 Å². The van der Waals surface area contributed by atoms with E-state index in [4.69, 9.17) is 5.73 Å². The first kappa shape index (κ1) is 10.4. The first-order chi connectivity index (χ1) is 7.25. The van der Waals surface area contributed by atoms with Crippen molar-refractivity contribution in [3.8, 4) is 0 Å². The fraction of sp³-hybridized carbons (Fsp3) is 0.636. The second kappa shape index (κ2) is 4.57. The summed E-state index contributed by atoms with van der Waals surface area (Å²) in [6.45, 7) is 1.93. The summed E-state index contributed by atoms with van der Waals surface area (Å²) >= 11 is 0. The molecule has 1 aromatic heterocycles. The molecule has 1 aliphatic rings. The summed E-state index contributed by atoms with van der Waals surface area (Å²) in [6.07, 6.45) is 4.75. The number of anilines is 1. The molecule has 0 bridgehead atoms. The van der Waals surface area contributed by atoms with E-state index in [0.717, 1.165) is 24.4 Å². The average Bonchev–Trinajstić information content (AvgIpc) is 2.25. The van der Waals surface area contributed by atoms with Gasteiger partial charge in [0.25, 0.3) is 0 Å². The predicted octanol–water partition coefficient (Wildman–Crippen LogP) is 1.47. The molecule has 0 unspecified atom stereocenters. The van der Waals surface area contributed by atoms with Crippen LogP contribution in [0.15, 0.2) is 12.1 Å². The highest BCUT2D eigenvalue weighted by Gasteiger charge is 2.21. The minimum Gasteiger partial charge on any atom is -0.364 e. The van der Waals surface area contributed by atoms with Gasteiger partial charge >= 0.3 is 0 Å². The van der Waals surface area contributed by atoms with E-state index in [1.54, 1.807) is 0 Å². The molecule has 4 heteroatoms. The molecule has 0 saturated heterocycles.